The maximum atomic E-state index is 5.69. The SMILES string of the molecule is C=Nc1cc(CBr)cc(Br)c1N(C)N. The lowest BCUT2D eigenvalue weighted by Gasteiger charge is -2.17. The number of hydrogen-bond acceptors (Lipinski definition) is 3. The van der Waals surface area contributed by atoms with Crippen LogP contribution in [0.25, 0.3) is 0 Å². The van der Waals surface area contributed by atoms with Gasteiger partial charge in [0, 0.05) is 16.9 Å². The van der Waals surface area contributed by atoms with E-state index in [0.717, 1.165) is 26.7 Å². The van der Waals surface area contributed by atoms with Gasteiger partial charge in [0.15, 0.2) is 0 Å². The molecule has 1 aromatic carbocycles. The Balaban J connectivity index is 3.34. The molecule has 0 aliphatic rings. The predicted octanol–water partition coefficient (Wildman–Crippen LogP) is 2.99. The first-order valence-corrected chi connectivity index (χ1v) is 5.85. The minimum absolute atomic E-state index is 0.777. The molecule has 0 bridgehead atoms. The molecule has 0 aliphatic carbocycles. The van der Waals surface area contributed by atoms with E-state index in [1.54, 1.807) is 7.05 Å². The van der Waals surface area contributed by atoms with Crippen LogP contribution in [0.2, 0.25) is 0 Å². The average Bonchev–Trinajstić information content (AvgIpc) is 2.15. The Morgan fingerprint density at radius 2 is 2.21 bits per heavy atom. The second-order valence-electron chi connectivity index (χ2n) is 2.85. The van der Waals surface area contributed by atoms with Crippen LogP contribution in [0.5, 0.6) is 0 Å². The van der Waals surface area contributed by atoms with Crippen LogP contribution in [0.1, 0.15) is 5.56 Å². The Hall–Kier alpha value is -0.390. The van der Waals surface area contributed by atoms with E-state index in [0.29, 0.717) is 0 Å². The van der Waals surface area contributed by atoms with Crippen molar-refractivity contribution in [1.29, 1.82) is 0 Å². The molecule has 0 heterocycles. The fraction of sp³-hybridized carbons (Fsp3) is 0.222. The number of hydrazine groups is 1. The minimum Gasteiger partial charge on any atom is -0.311 e. The smallest absolute Gasteiger partial charge is 0.0913 e. The van der Waals surface area contributed by atoms with Gasteiger partial charge in [0.05, 0.1) is 11.4 Å². The van der Waals surface area contributed by atoms with E-state index in [4.69, 9.17) is 5.84 Å². The molecule has 0 amide bonds. The highest BCUT2D eigenvalue weighted by Crippen LogP contribution is 2.36. The van der Waals surface area contributed by atoms with Gasteiger partial charge in [-0.3, -0.25) is 4.99 Å². The van der Waals surface area contributed by atoms with Crippen molar-refractivity contribution in [2.45, 2.75) is 5.33 Å². The van der Waals surface area contributed by atoms with Crippen LogP contribution >= 0.6 is 31.9 Å². The lowest BCUT2D eigenvalue weighted by Crippen LogP contribution is -2.25. The molecule has 0 fully saturated rings. The monoisotopic (exact) mass is 319 g/mol. The van der Waals surface area contributed by atoms with E-state index in [1.807, 2.05) is 12.1 Å². The molecule has 0 atom stereocenters. The summed E-state index contributed by atoms with van der Waals surface area (Å²) in [6, 6.07) is 3.95. The first-order valence-electron chi connectivity index (χ1n) is 3.93. The fourth-order valence-corrected chi connectivity index (χ4v) is 2.29. The fourth-order valence-electron chi connectivity index (χ4n) is 1.19. The molecule has 0 unspecified atom stereocenters. The summed E-state index contributed by atoms with van der Waals surface area (Å²) in [4.78, 5) is 3.94. The normalized spacial score (nSPS) is 10.0. The molecule has 3 nitrogen and oxygen atoms in total. The van der Waals surface area contributed by atoms with Gasteiger partial charge < -0.3 is 5.01 Å². The lowest BCUT2D eigenvalue weighted by atomic mass is 10.2. The zero-order valence-electron chi connectivity index (χ0n) is 7.80. The van der Waals surface area contributed by atoms with Crippen LogP contribution in [0.4, 0.5) is 11.4 Å². The van der Waals surface area contributed by atoms with Gasteiger partial charge in [0.1, 0.15) is 0 Å². The summed E-state index contributed by atoms with van der Waals surface area (Å²) in [6.45, 7) is 3.52. The third-order valence-corrected chi connectivity index (χ3v) is 3.03. The van der Waals surface area contributed by atoms with Crippen molar-refractivity contribution in [3.8, 4) is 0 Å². The summed E-state index contributed by atoms with van der Waals surface area (Å²) < 4.78 is 0.918. The van der Waals surface area contributed by atoms with Crippen molar-refractivity contribution in [1.82, 2.24) is 0 Å². The van der Waals surface area contributed by atoms with Gasteiger partial charge in [-0.15, -0.1) is 0 Å². The molecule has 0 aliphatic heterocycles. The van der Waals surface area contributed by atoms with E-state index >= 15 is 0 Å². The van der Waals surface area contributed by atoms with E-state index in [9.17, 15) is 0 Å². The number of anilines is 1. The number of benzene rings is 1. The van der Waals surface area contributed by atoms with E-state index < -0.39 is 0 Å². The number of hydrogen-bond donors (Lipinski definition) is 1. The first-order chi connectivity index (χ1) is 6.60. The Labute approximate surface area is 100 Å². The van der Waals surface area contributed by atoms with Gasteiger partial charge >= 0.3 is 0 Å². The largest absolute Gasteiger partial charge is 0.311 e. The zero-order valence-corrected chi connectivity index (χ0v) is 11.0. The quantitative estimate of drug-likeness (QED) is 0.402. The summed E-state index contributed by atoms with van der Waals surface area (Å²) in [6.07, 6.45) is 0. The topological polar surface area (TPSA) is 41.6 Å². The van der Waals surface area contributed by atoms with Gasteiger partial charge in [-0.25, -0.2) is 5.84 Å². The number of rotatable bonds is 3. The summed E-state index contributed by atoms with van der Waals surface area (Å²) >= 11 is 6.84. The number of halogens is 2. The molecule has 0 aromatic heterocycles. The molecule has 1 aromatic rings. The van der Waals surface area contributed by atoms with E-state index in [1.165, 1.54) is 5.01 Å². The van der Waals surface area contributed by atoms with Crippen molar-refractivity contribution in [3.63, 3.8) is 0 Å². The Morgan fingerprint density at radius 1 is 1.57 bits per heavy atom. The highest BCUT2D eigenvalue weighted by atomic mass is 79.9. The number of alkyl halides is 1. The molecule has 0 radical (unpaired) electrons. The van der Waals surface area contributed by atoms with Gasteiger partial charge in [-0.2, -0.15) is 0 Å². The third-order valence-electron chi connectivity index (χ3n) is 1.78. The van der Waals surface area contributed by atoms with E-state index in [-0.39, 0.29) is 0 Å². The van der Waals surface area contributed by atoms with Crippen LogP contribution in [-0.2, 0) is 5.33 Å². The van der Waals surface area contributed by atoms with E-state index in [2.05, 4.69) is 43.6 Å². The third kappa shape index (κ3) is 2.34. The van der Waals surface area contributed by atoms with Crippen LogP contribution < -0.4 is 10.9 Å². The Kier molecular flexibility index (Phi) is 4.10. The van der Waals surface area contributed by atoms with Gasteiger partial charge in [-0.05, 0) is 40.3 Å². The molecular weight excluding hydrogens is 310 g/mol. The lowest BCUT2D eigenvalue weighted by molar-refractivity contribution is 1.01. The zero-order chi connectivity index (χ0) is 10.7. The molecule has 2 N–H and O–H groups in total. The standard InChI is InChI=1S/C9H11Br2N3/c1-13-8-4-6(5-10)3-7(11)9(8)14(2)12/h3-4H,1,5,12H2,2H3. The molecule has 14 heavy (non-hydrogen) atoms. The molecule has 5 heteroatoms. The molecular formula is C9H11Br2N3. The molecule has 0 saturated heterocycles. The summed E-state index contributed by atoms with van der Waals surface area (Å²) in [5.41, 5.74) is 2.74. The summed E-state index contributed by atoms with van der Waals surface area (Å²) in [7, 11) is 1.77. The Bertz CT molecular complexity index is 350. The van der Waals surface area contributed by atoms with Crippen LogP contribution in [0.3, 0.4) is 0 Å². The number of nitrogens with zero attached hydrogens (tertiary/aromatic N) is 2. The summed E-state index contributed by atoms with van der Waals surface area (Å²) in [5.74, 6) is 5.69. The average molecular weight is 321 g/mol. The van der Waals surface area contributed by atoms with Crippen LogP contribution in [0, 0.1) is 0 Å². The second kappa shape index (κ2) is 4.91. The van der Waals surface area contributed by atoms with Crippen molar-refractivity contribution in [2.24, 2.45) is 10.8 Å². The van der Waals surface area contributed by atoms with Crippen molar-refractivity contribution in [3.05, 3.63) is 22.2 Å². The highest BCUT2D eigenvalue weighted by molar-refractivity contribution is 9.10. The number of aliphatic imine (C=N–C) groups is 1. The number of nitrogens with two attached hydrogens (primary N) is 1. The summed E-state index contributed by atoms with van der Waals surface area (Å²) in [5, 5.41) is 2.30. The van der Waals surface area contributed by atoms with Crippen LogP contribution in [0.15, 0.2) is 21.6 Å². The maximum absolute atomic E-state index is 5.69. The molecule has 0 spiro atoms. The van der Waals surface area contributed by atoms with Gasteiger partial charge in [-0.1, -0.05) is 15.9 Å². The Morgan fingerprint density at radius 3 is 2.64 bits per heavy atom. The predicted molar refractivity (Wildman–Crippen MR) is 68.6 cm³/mol. The minimum atomic E-state index is 0.777. The molecule has 0 saturated carbocycles. The van der Waals surface area contributed by atoms with Crippen LogP contribution in [-0.4, -0.2) is 13.8 Å². The van der Waals surface area contributed by atoms with Gasteiger partial charge in [0.2, 0.25) is 0 Å². The first kappa shape index (κ1) is 11.7. The van der Waals surface area contributed by atoms with Crippen molar-refractivity contribution < 1.29 is 0 Å². The van der Waals surface area contributed by atoms with Crippen molar-refractivity contribution in [2.75, 3.05) is 12.1 Å². The molecule has 1 rings (SSSR count). The van der Waals surface area contributed by atoms with Crippen molar-refractivity contribution >= 4 is 50.0 Å². The highest BCUT2D eigenvalue weighted by Gasteiger charge is 2.10. The van der Waals surface area contributed by atoms with Gasteiger partial charge in [0.25, 0.3) is 0 Å². The molecule has 76 valence electrons. The second-order valence-corrected chi connectivity index (χ2v) is 4.26. The maximum Gasteiger partial charge on any atom is 0.0913 e.